The van der Waals surface area contributed by atoms with Crippen molar-refractivity contribution in [3.05, 3.63) is 35.4 Å². The van der Waals surface area contributed by atoms with Gasteiger partial charge >= 0.3 is 5.97 Å². The van der Waals surface area contributed by atoms with E-state index >= 15 is 0 Å². The second-order valence-corrected chi connectivity index (χ2v) is 2.22. The zero-order valence-electron chi connectivity index (χ0n) is 6.55. The summed E-state index contributed by atoms with van der Waals surface area (Å²) in [6, 6.07) is 8.19. The first-order valence-corrected chi connectivity index (χ1v) is 3.31. The van der Waals surface area contributed by atoms with Crippen molar-refractivity contribution in [2.45, 2.75) is 6.92 Å². The molecule has 0 heterocycles. The number of hydrogen-bond donors (Lipinski definition) is 0. The molecule has 0 fully saturated rings. The Morgan fingerprint density at radius 2 is 2.36 bits per heavy atom. The van der Waals surface area contributed by atoms with Gasteiger partial charge in [-0.2, -0.15) is 0 Å². The highest BCUT2D eigenvalue weighted by Crippen LogP contribution is 2.06. The molecule has 2 nitrogen and oxygen atoms in total. The Balaban J connectivity index is 3.03. The topological polar surface area (TPSA) is 26.3 Å². The second-order valence-electron chi connectivity index (χ2n) is 2.22. The highest BCUT2D eigenvalue weighted by atomic mass is 16.5. The molecule has 1 radical (unpaired) electrons. The Morgan fingerprint density at radius 1 is 1.64 bits per heavy atom. The van der Waals surface area contributed by atoms with E-state index in [0.29, 0.717) is 5.56 Å². The van der Waals surface area contributed by atoms with Gasteiger partial charge in [-0.05, 0) is 18.6 Å². The Hall–Kier alpha value is -1.31. The molecule has 0 N–H and O–H groups in total. The third-order valence-electron chi connectivity index (χ3n) is 1.45. The van der Waals surface area contributed by atoms with Gasteiger partial charge in [0.05, 0.1) is 12.7 Å². The van der Waals surface area contributed by atoms with Crippen molar-refractivity contribution in [1.82, 2.24) is 0 Å². The summed E-state index contributed by atoms with van der Waals surface area (Å²) in [5, 5.41) is 0. The van der Waals surface area contributed by atoms with Gasteiger partial charge in [-0.15, -0.1) is 0 Å². The quantitative estimate of drug-likeness (QED) is 0.567. The largest absolute Gasteiger partial charge is 0.465 e. The van der Waals surface area contributed by atoms with Gasteiger partial charge in [0.1, 0.15) is 0 Å². The van der Waals surface area contributed by atoms with Crippen molar-refractivity contribution in [2.24, 2.45) is 0 Å². The Bertz CT molecular complexity index is 266. The lowest BCUT2D eigenvalue weighted by atomic mass is 10.1. The van der Waals surface area contributed by atoms with Crippen LogP contribution in [0.4, 0.5) is 0 Å². The molecule has 1 aromatic rings. The average Bonchev–Trinajstić information content (AvgIpc) is 2.04. The van der Waals surface area contributed by atoms with Gasteiger partial charge < -0.3 is 4.74 Å². The third-order valence-corrected chi connectivity index (χ3v) is 1.45. The van der Waals surface area contributed by atoms with Crippen LogP contribution in [0.5, 0.6) is 0 Å². The monoisotopic (exact) mass is 149 g/mol. The van der Waals surface area contributed by atoms with Crippen LogP contribution in [-0.4, -0.2) is 13.1 Å². The van der Waals surface area contributed by atoms with Crippen LogP contribution in [0.15, 0.2) is 18.2 Å². The Kier molecular flexibility index (Phi) is 2.26. The normalized spacial score (nSPS) is 9.27. The number of carbonyl (C=O) groups excluding carboxylic acids is 1. The number of carbonyl (C=O) groups is 1. The van der Waals surface area contributed by atoms with Crippen LogP contribution in [0.2, 0.25) is 0 Å². The predicted molar refractivity (Wildman–Crippen MR) is 41.4 cm³/mol. The molecule has 11 heavy (non-hydrogen) atoms. The number of esters is 1. The molecule has 0 amide bonds. The highest BCUT2D eigenvalue weighted by Gasteiger charge is 2.06. The molecule has 0 atom stereocenters. The maximum absolute atomic E-state index is 11.0. The molecule has 0 saturated heterocycles. The molecule has 0 aliphatic carbocycles. The minimum Gasteiger partial charge on any atom is -0.465 e. The van der Waals surface area contributed by atoms with Crippen molar-refractivity contribution in [2.75, 3.05) is 7.11 Å². The summed E-state index contributed by atoms with van der Waals surface area (Å²) >= 11 is 0. The highest BCUT2D eigenvalue weighted by molar-refractivity contribution is 5.90. The van der Waals surface area contributed by atoms with E-state index in [1.807, 2.05) is 19.1 Å². The lowest BCUT2D eigenvalue weighted by Crippen LogP contribution is -2.03. The van der Waals surface area contributed by atoms with Gasteiger partial charge in [-0.3, -0.25) is 0 Å². The molecule has 0 saturated carbocycles. The third kappa shape index (κ3) is 1.58. The summed E-state index contributed by atoms with van der Waals surface area (Å²) in [6.07, 6.45) is 0. The maximum Gasteiger partial charge on any atom is 0.338 e. The average molecular weight is 149 g/mol. The molecule has 0 unspecified atom stereocenters. The standard InChI is InChI=1S/C9H9O2/c1-7-5-3-4-6-8(7)9(10)11-2/h3-5H,1-2H3. The Labute approximate surface area is 65.8 Å². The van der Waals surface area contributed by atoms with Crippen LogP contribution < -0.4 is 0 Å². The fraction of sp³-hybridized carbons (Fsp3) is 0.222. The van der Waals surface area contributed by atoms with Crippen molar-refractivity contribution in [3.8, 4) is 0 Å². The lowest BCUT2D eigenvalue weighted by molar-refractivity contribution is 0.0599. The van der Waals surface area contributed by atoms with Crippen LogP contribution in [0, 0.1) is 13.0 Å². The molecule has 1 aromatic carbocycles. The lowest BCUT2D eigenvalue weighted by Gasteiger charge is -2.00. The minimum absolute atomic E-state index is 0.330. The molecule has 2 heteroatoms. The van der Waals surface area contributed by atoms with Crippen molar-refractivity contribution in [3.63, 3.8) is 0 Å². The summed E-state index contributed by atoms with van der Waals surface area (Å²) in [5.74, 6) is -0.330. The van der Waals surface area contributed by atoms with Gasteiger partial charge in [0, 0.05) is 0 Å². The number of ether oxygens (including phenoxy) is 1. The zero-order chi connectivity index (χ0) is 8.27. The van der Waals surface area contributed by atoms with Crippen LogP contribution in [0.1, 0.15) is 15.9 Å². The smallest absolute Gasteiger partial charge is 0.338 e. The van der Waals surface area contributed by atoms with E-state index in [-0.39, 0.29) is 5.97 Å². The number of benzene rings is 1. The van der Waals surface area contributed by atoms with Gasteiger partial charge in [-0.1, -0.05) is 18.2 Å². The second kappa shape index (κ2) is 3.19. The van der Waals surface area contributed by atoms with Crippen LogP contribution in [-0.2, 0) is 4.74 Å². The number of methoxy groups -OCH3 is 1. The van der Waals surface area contributed by atoms with Crippen LogP contribution in [0.25, 0.3) is 0 Å². The number of aryl methyl sites for hydroxylation is 1. The molecule has 57 valence electrons. The summed E-state index contributed by atoms with van der Waals surface area (Å²) in [4.78, 5) is 11.0. The van der Waals surface area contributed by atoms with E-state index in [9.17, 15) is 4.79 Å². The van der Waals surface area contributed by atoms with Gasteiger partial charge in [0.2, 0.25) is 0 Å². The summed E-state index contributed by atoms with van der Waals surface area (Å²) in [5.41, 5.74) is 1.40. The van der Waals surface area contributed by atoms with E-state index < -0.39 is 0 Å². The van der Waals surface area contributed by atoms with Crippen LogP contribution in [0.3, 0.4) is 0 Å². The molecule has 0 bridgehead atoms. The fourth-order valence-electron chi connectivity index (χ4n) is 0.843. The number of rotatable bonds is 1. The fourth-order valence-corrected chi connectivity index (χ4v) is 0.843. The Morgan fingerprint density at radius 3 is 2.91 bits per heavy atom. The van der Waals surface area contributed by atoms with Gasteiger partial charge in [-0.25, -0.2) is 4.79 Å². The van der Waals surface area contributed by atoms with Crippen LogP contribution >= 0.6 is 0 Å². The summed E-state index contributed by atoms with van der Waals surface area (Å²) < 4.78 is 4.55. The first-order chi connectivity index (χ1) is 5.25. The van der Waals surface area contributed by atoms with E-state index in [0.717, 1.165) is 5.56 Å². The maximum atomic E-state index is 11.0. The van der Waals surface area contributed by atoms with Crippen molar-refractivity contribution >= 4 is 5.97 Å². The molecule has 0 aromatic heterocycles. The first kappa shape index (κ1) is 7.79. The van der Waals surface area contributed by atoms with Crippen molar-refractivity contribution in [1.29, 1.82) is 0 Å². The molecule has 0 spiro atoms. The molecular formula is C9H9O2. The molecular weight excluding hydrogens is 140 g/mol. The zero-order valence-corrected chi connectivity index (χ0v) is 6.55. The predicted octanol–water partition coefficient (Wildman–Crippen LogP) is 1.58. The van der Waals surface area contributed by atoms with Crippen molar-refractivity contribution < 1.29 is 9.53 Å². The van der Waals surface area contributed by atoms with E-state index in [2.05, 4.69) is 10.8 Å². The van der Waals surface area contributed by atoms with Gasteiger partial charge in [0.15, 0.2) is 0 Å². The first-order valence-electron chi connectivity index (χ1n) is 3.31. The SMILES string of the molecule is COC(=O)c1[c]cccc1C. The van der Waals surface area contributed by atoms with E-state index in [4.69, 9.17) is 0 Å². The van der Waals surface area contributed by atoms with E-state index in [1.165, 1.54) is 7.11 Å². The molecule has 0 aliphatic rings. The summed E-state index contributed by atoms with van der Waals surface area (Å²) in [6.45, 7) is 1.85. The summed E-state index contributed by atoms with van der Waals surface area (Å²) in [7, 11) is 1.36. The minimum atomic E-state index is -0.330. The van der Waals surface area contributed by atoms with Gasteiger partial charge in [0.25, 0.3) is 0 Å². The molecule has 0 aliphatic heterocycles. The number of hydrogen-bond acceptors (Lipinski definition) is 2. The van der Waals surface area contributed by atoms with E-state index in [1.54, 1.807) is 6.07 Å². The molecule has 1 rings (SSSR count).